The van der Waals surface area contributed by atoms with E-state index in [4.69, 9.17) is 8.83 Å². The van der Waals surface area contributed by atoms with E-state index in [0.717, 1.165) is 66.4 Å². The van der Waals surface area contributed by atoms with Gasteiger partial charge < -0.3 is 13.7 Å². The monoisotopic (exact) mass is 665 g/mol. The van der Waals surface area contributed by atoms with E-state index in [1.807, 2.05) is 12.1 Å². The van der Waals surface area contributed by atoms with Crippen LogP contribution in [0.4, 0.5) is 11.4 Å². The molecule has 52 heavy (non-hydrogen) atoms. The first-order valence-electron chi connectivity index (χ1n) is 17.8. The molecule has 0 saturated heterocycles. The zero-order chi connectivity index (χ0) is 34.2. The Balaban J connectivity index is 1.20. The van der Waals surface area contributed by atoms with Gasteiger partial charge in [0.25, 0.3) is 0 Å². The Bertz CT molecular complexity index is 2980. The second-order valence-electron chi connectivity index (χ2n) is 13.7. The number of hydrogen-bond acceptors (Lipinski definition) is 3. The zero-order valence-electron chi connectivity index (χ0n) is 28.2. The van der Waals surface area contributed by atoms with Gasteiger partial charge in [0.15, 0.2) is 0 Å². The van der Waals surface area contributed by atoms with Crippen molar-refractivity contribution in [3.05, 3.63) is 181 Å². The van der Waals surface area contributed by atoms with E-state index < -0.39 is 0 Å². The van der Waals surface area contributed by atoms with Crippen LogP contribution in [0.5, 0.6) is 0 Å². The molecule has 0 saturated carbocycles. The van der Waals surface area contributed by atoms with E-state index in [1.165, 1.54) is 38.9 Å². The van der Waals surface area contributed by atoms with Crippen molar-refractivity contribution < 1.29 is 8.83 Å². The van der Waals surface area contributed by atoms with Gasteiger partial charge in [-0.3, -0.25) is 0 Å². The Morgan fingerprint density at radius 3 is 1.75 bits per heavy atom. The van der Waals surface area contributed by atoms with Gasteiger partial charge in [0, 0.05) is 28.4 Å². The van der Waals surface area contributed by atoms with Gasteiger partial charge in [-0.1, -0.05) is 127 Å². The van der Waals surface area contributed by atoms with E-state index in [1.54, 1.807) is 0 Å². The lowest BCUT2D eigenvalue weighted by atomic mass is 9.87. The van der Waals surface area contributed by atoms with Gasteiger partial charge in [-0.2, -0.15) is 0 Å². The molecule has 0 atom stereocenters. The molecule has 8 aromatic carbocycles. The maximum Gasteiger partial charge on any atom is 0.137 e. The first-order valence-corrected chi connectivity index (χ1v) is 17.8. The molecule has 244 valence electrons. The summed E-state index contributed by atoms with van der Waals surface area (Å²) >= 11 is 0. The average molecular weight is 666 g/mol. The van der Waals surface area contributed by atoms with Crippen molar-refractivity contribution in [1.29, 1.82) is 0 Å². The van der Waals surface area contributed by atoms with E-state index in [-0.39, 0.29) is 0 Å². The molecule has 2 aromatic heterocycles. The molecular weight excluding hydrogens is 635 g/mol. The molecule has 0 aliphatic carbocycles. The molecule has 0 amide bonds. The highest BCUT2D eigenvalue weighted by Gasteiger charge is 2.22. The molecule has 0 unspecified atom stereocenters. The molecule has 0 fully saturated rings. The molecule has 0 N–H and O–H groups in total. The Morgan fingerprint density at radius 1 is 0.365 bits per heavy atom. The molecule has 4 aliphatic heterocycles. The molecular formula is C49H31NO2. The van der Waals surface area contributed by atoms with Crippen LogP contribution in [0.1, 0.15) is 5.56 Å². The Morgan fingerprint density at radius 2 is 0.942 bits per heavy atom. The summed E-state index contributed by atoms with van der Waals surface area (Å²) in [6.07, 6.45) is 0. The normalized spacial score (nSPS) is 12.5. The molecule has 6 heterocycles. The number of para-hydroxylation sites is 2. The number of benzene rings is 8. The molecule has 4 bridgehead atoms. The van der Waals surface area contributed by atoms with Gasteiger partial charge in [0.05, 0.1) is 11.1 Å². The minimum Gasteiger partial charge on any atom is -0.456 e. The number of rotatable bonds is 1. The minimum absolute atomic E-state index is 0.676. The molecule has 0 radical (unpaired) electrons. The van der Waals surface area contributed by atoms with Crippen LogP contribution < -0.4 is 4.90 Å². The third-order valence-corrected chi connectivity index (χ3v) is 10.7. The predicted octanol–water partition coefficient (Wildman–Crippen LogP) is 13.8. The fourth-order valence-electron chi connectivity index (χ4n) is 8.26. The minimum atomic E-state index is 0.676. The van der Waals surface area contributed by atoms with Crippen LogP contribution in [0.2, 0.25) is 0 Å². The second-order valence-corrected chi connectivity index (χ2v) is 13.7. The number of fused-ring (bicyclic) bond motifs is 6. The van der Waals surface area contributed by atoms with E-state index in [9.17, 15) is 0 Å². The Kier molecular flexibility index (Phi) is 6.31. The van der Waals surface area contributed by atoms with Gasteiger partial charge >= 0.3 is 0 Å². The Hall–Kier alpha value is -6.84. The van der Waals surface area contributed by atoms with Gasteiger partial charge in [0.1, 0.15) is 22.3 Å². The molecule has 0 spiro atoms. The van der Waals surface area contributed by atoms with Crippen LogP contribution in [0, 0.1) is 0 Å². The van der Waals surface area contributed by atoms with Crippen LogP contribution in [-0.4, -0.2) is 0 Å². The van der Waals surface area contributed by atoms with Crippen LogP contribution in [0.3, 0.4) is 0 Å². The summed E-state index contributed by atoms with van der Waals surface area (Å²) in [6, 6.07) is 63.3. The van der Waals surface area contributed by atoms with E-state index >= 15 is 0 Å². The first-order chi connectivity index (χ1) is 25.8. The number of anilines is 2. The van der Waals surface area contributed by atoms with Crippen molar-refractivity contribution in [3.63, 3.8) is 0 Å². The van der Waals surface area contributed by atoms with Crippen molar-refractivity contribution in [2.45, 2.75) is 6.54 Å². The third-order valence-electron chi connectivity index (χ3n) is 10.7. The number of furan rings is 2. The van der Waals surface area contributed by atoms with Crippen LogP contribution >= 0.6 is 0 Å². The highest BCUT2D eigenvalue weighted by molar-refractivity contribution is 6.13. The number of hydrogen-bond donors (Lipinski definition) is 0. The summed E-state index contributed by atoms with van der Waals surface area (Å²) in [6.45, 7) is 0.676. The van der Waals surface area contributed by atoms with Crippen molar-refractivity contribution >= 4 is 55.3 Å². The summed E-state index contributed by atoms with van der Waals surface area (Å²) in [7, 11) is 0. The third kappa shape index (κ3) is 4.46. The molecule has 10 aromatic rings. The summed E-state index contributed by atoms with van der Waals surface area (Å²) < 4.78 is 12.8. The fraction of sp³-hybridized carbons (Fsp3) is 0.0204. The van der Waals surface area contributed by atoms with Crippen molar-refractivity contribution in [2.24, 2.45) is 0 Å². The van der Waals surface area contributed by atoms with Crippen molar-refractivity contribution in [3.8, 4) is 44.5 Å². The maximum atomic E-state index is 6.46. The van der Waals surface area contributed by atoms with Gasteiger partial charge in [-0.15, -0.1) is 0 Å². The molecule has 14 rings (SSSR count). The summed E-state index contributed by atoms with van der Waals surface area (Å²) in [5, 5.41) is 4.48. The fourth-order valence-corrected chi connectivity index (χ4v) is 8.26. The quantitative estimate of drug-likeness (QED) is 0.175. The highest BCUT2D eigenvalue weighted by atomic mass is 16.3. The largest absolute Gasteiger partial charge is 0.456 e. The summed E-state index contributed by atoms with van der Waals surface area (Å²) in [4.78, 5) is 2.44. The second kappa shape index (κ2) is 11.3. The van der Waals surface area contributed by atoms with E-state index in [0.29, 0.717) is 6.54 Å². The van der Waals surface area contributed by atoms with Gasteiger partial charge in [-0.05, 0) is 98.6 Å². The van der Waals surface area contributed by atoms with E-state index in [2.05, 4.69) is 169 Å². The Labute approximate surface area is 300 Å². The van der Waals surface area contributed by atoms with Crippen molar-refractivity contribution in [2.75, 3.05) is 4.90 Å². The highest BCUT2D eigenvalue weighted by Crippen LogP contribution is 2.45. The number of nitrogens with zero attached hydrogens (tertiary/aromatic N) is 1. The lowest BCUT2D eigenvalue weighted by Crippen LogP contribution is -2.17. The first kappa shape index (κ1) is 28.9. The molecule has 3 heteroatoms. The average Bonchev–Trinajstić information content (AvgIpc) is 3.78. The van der Waals surface area contributed by atoms with Crippen LogP contribution in [0.25, 0.3) is 88.4 Å². The summed E-state index contributed by atoms with van der Waals surface area (Å²) in [5.41, 5.74) is 16.4. The van der Waals surface area contributed by atoms with Crippen LogP contribution in [0.15, 0.2) is 185 Å². The summed E-state index contributed by atoms with van der Waals surface area (Å²) in [5.74, 6) is 0. The standard InChI is InChI=1S/C49H31NO2/c1-2-11-36-31-20-22-32(23-21-31)37-12-3-4-13-38(37)42-28-43-39-14-5-7-17-45(39)52-48(43)29-41(42)33-24-26-35(27-25-33)50(30-34(36)10-1)44-16-9-19-47-49(44)40-15-6-8-18-46(40)51-47/h1-29H,30H2. The van der Waals surface area contributed by atoms with Gasteiger partial charge in [-0.25, -0.2) is 0 Å². The predicted molar refractivity (Wildman–Crippen MR) is 215 cm³/mol. The lowest BCUT2D eigenvalue weighted by molar-refractivity contribution is 0.668. The molecule has 3 nitrogen and oxygen atoms in total. The zero-order valence-corrected chi connectivity index (χ0v) is 28.2. The van der Waals surface area contributed by atoms with Gasteiger partial charge in [0.2, 0.25) is 0 Å². The molecule has 4 aliphatic rings. The maximum absolute atomic E-state index is 6.46. The SMILES string of the molecule is c1ccc2c(c1)CN(c1cccc3oc4ccccc4c13)c1ccc(cc1)-c1cc3oc4ccccc4c3cc1-c1ccccc1-c1ccc-2cc1. The smallest absolute Gasteiger partial charge is 0.137 e. The lowest BCUT2D eigenvalue weighted by Gasteiger charge is -2.28. The van der Waals surface area contributed by atoms with Crippen molar-refractivity contribution in [1.82, 2.24) is 0 Å². The van der Waals surface area contributed by atoms with Crippen LogP contribution in [-0.2, 0) is 6.54 Å². The topological polar surface area (TPSA) is 29.5 Å².